The Labute approximate surface area is 82.4 Å². The zero-order valence-electron chi connectivity index (χ0n) is 9.27. The number of fused-ring (bicyclic) bond motifs is 1. The third kappa shape index (κ3) is 1.68. The molecule has 2 aliphatic rings. The highest BCUT2D eigenvalue weighted by Gasteiger charge is 2.39. The van der Waals surface area contributed by atoms with Crippen LogP contribution in [0.2, 0.25) is 0 Å². The summed E-state index contributed by atoms with van der Waals surface area (Å²) in [5, 5.41) is 0. The summed E-state index contributed by atoms with van der Waals surface area (Å²) in [5.74, 6) is 1.96. The van der Waals surface area contributed by atoms with Gasteiger partial charge in [-0.3, -0.25) is 0 Å². The predicted octanol–water partition coefficient (Wildman–Crippen LogP) is 4.17. The van der Waals surface area contributed by atoms with Crippen LogP contribution in [0.4, 0.5) is 0 Å². The SMILES string of the molecule is CC1=CCC2(C)CC[C@@H](C)CC2C1. The summed E-state index contributed by atoms with van der Waals surface area (Å²) in [6.07, 6.45) is 9.59. The van der Waals surface area contributed by atoms with Gasteiger partial charge in [0, 0.05) is 0 Å². The van der Waals surface area contributed by atoms with Gasteiger partial charge in [0.1, 0.15) is 0 Å². The molecular weight excluding hydrogens is 156 g/mol. The van der Waals surface area contributed by atoms with Crippen LogP contribution in [0.5, 0.6) is 0 Å². The Balaban J connectivity index is 2.15. The summed E-state index contributed by atoms with van der Waals surface area (Å²) in [4.78, 5) is 0. The largest absolute Gasteiger partial charge is 0.0850 e. The van der Waals surface area contributed by atoms with Crippen LogP contribution in [-0.2, 0) is 0 Å². The molecule has 0 amide bonds. The lowest BCUT2D eigenvalue weighted by atomic mass is 9.59. The van der Waals surface area contributed by atoms with E-state index in [4.69, 9.17) is 0 Å². The van der Waals surface area contributed by atoms with Crippen LogP contribution >= 0.6 is 0 Å². The van der Waals surface area contributed by atoms with Gasteiger partial charge in [-0.25, -0.2) is 0 Å². The first-order valence-electron chi connectivity index (χ1n) is 5.76. The molecule has 2 rings (SSSR count). The highest BCUT2D eigenvalue weighted by atomic mass is 14.4. The van der Waals surface area contributed by atoms with Crippen LogP contribution in [0.3, 0.4) is 0 Å². The molecule has 1 saturated carbocycles. The van der Waals surface area contributed by atoms with E-state index in [0.29, 0.717) is 5.41 Å². The zero-order chi connectivity index (χ0) is 9.47. The summed E-state index contributed by atoms with van der Waals surface area (Å²) < 4.78 is 0. The molecule has 0 aromatic rings. The minimum absolute atomic E-state index is 0.659. The number of hydrogen-bond acceptors (Lipinski definition) is 0. The molecular formula is C13H22. The van der Waals surface area contributed by atoms with Crippen molar-refractivity contribution in [2.75, 3.05) is 0 Å². The van der Waals surface area contributed by atoms with E-state index in [1.54, 1.807) is 5.57 Å². The summed E-state index contributed by atoms with van der Waals surface area (Å²) in [6, 6.07) is 0. The molecule has 0 N–H and O–H groups in total. The molecule has 0 spiro atoms. The minimum atomic E-state index is 0.659. The number of allylic oxidation sites excluding steroid dienone is 2. The molecule has 0 aromatic carbocycles. The summed E-state index contributed by atoms with van der Waals surface area (Å²) in [6.45, 7) is 7.23. The maximum atomic E-state index is 2.51. The molecule has 74 valence electrons. The third-order valence-electron chi connectivity index (χ3n) is 4.37. The molecule has 1 fully saturated rings. The molecule has 2 unspecified atom stereocenters. The first-order valence-corrected chi connectivity index (χ1v) is 5.76. The van der Waals surface area contributed by atoms with Crippen LogP contribution in [0.15, 0.2) is 11.6 Å². The lowest BCUT2D eigenvalue weighted by Gasteiger charge is -2.46. The highest BCUT2D eigenvalue weighted by Crippen LogP contribution is 2.50. The number of hydrogen-bond donors (Lipinski definition) is 0. The Morgan fingerprint density at radius 2 is 2.23 bits per heavy atom. The van der Waals surface area contributed by atoms with Gasteiger partial charge in [-0.2, -0.15) is 0 Å². The van der Waals surface area contributed by atoms with E-state index < -0.39 is 0 Å². The molecule has 0 heterocycles. The molecule has 0 aromatic heterocycles. The minimum Gasteiger partial charge on any atom is -0.0850 e. The van der Waals surface area contributed by atoms with Crippen molar-refractivity contribution in [3.63, 3.8) is 0 Å². The van der Waals surface area contributed by atoms with E-state index in [1.807, 2.05) is 0 Å². The molecule has 3 atom stereocenters. The van der Waals surface area contributed by atoms with Crippen molar-refractivity contribution in [1.29, 1.82) is 0 Å². The van der Waals surface area contributed by atoms with E-state index in [-0.39, 0.29) is 0 Å². The second-order valence-corrected chi connectivity index (χ2v) is 5.69. The van der Waals surface area contributed by atoms with Crippen molar-refractivity contribution in [2.45, 2.75) is 52.9 Å². The van der Waals surface area contributed by atoms with Crippen LogP contribution in [0.1, 0.15) is 52.9 Å². The monoisotopic (exact) mass is 178 g/mol. The first-order chi connectivity index (χ1) is 6.10. The summed E-state index contributed by atoms with van der Waals surface area (Å²) in [7, 11) is 0. The van der Waals surface area contributed by atoms with Gasteiger partial charge in [0.2, 0.25) is 0 Å². The Bertz CT molecular complexity index is 226. The molecule has 0 nitrogen and oxygen atoms in total. The Morgan fingerprint density at radius 3 is 3.00 bits per heavy atom. The standard InChI is InChI=1S/C13H22/c1-10-4-6-13(3)7-5-11(2)9-12(13)8-10/h4,11-12H,5-9H2,1-3H3/t11-,12?,13?/m1/s1. The van der Waals surface area contributed by atoms with Crippen molar-refractivity contribution in [2.24, 2.45) is 17.3 Å². The van der Waals surface area contributed by atoms with E-state index >= 15 is 0 Å². The average molecular weight is 178 g/mol. The van der Waals surface area contributed by atoms with Crippen LogP contribution in [-0.4, -0.2) is 0 Å². The van der Waals surface area contributed by atoms with E-state index in [0.717, 1.165) is 11.8 Å². The maximum absolute atomic E-state index is 2.51. The molecule has 0 aliphatic heterocycles. The zero-order valence-corrected chi connectivity index (χ0v) is 9.27. The van der Waals surface area contributed by atoms with E-state index in [1.165, 1.54) is 32.1 Å². The van der Waals surface area contributed by atoms with Gasteiger partial charge in [-0.1, -0.05) is 31.9 Å². The summed E-state index contributed by atoms with van der Waals surface area (Å²) >= 11 is 0. The summed E-state index contributed by atoms with van der Waals surface area (Å²) in [5.41, 5.74) is 2.29. The predicted molar refractivity (Wildman–Crippen MR) is 57.6 cm³/mol. The number of rotatable bonds is 0. The average Bonchev–Trinajstić information content (AvgIpc) is 2.08. The second-order valence-electron chi connectivity index (χ2n) is 5.69. The van der Waals surface area contributed by atoms with Gasteiger partial charge in [-0.05, 0) is 49.9 Å². The first kappa shape index (κ1) is 9.30. The lowest BCUT2D eigenvalue weighted by molar-refractivity contribution is 0.0801. The lowest BCUT2D eigenvalue weighted by Crippen LogP contribution is -2.35. The molecule has 2 aliphatic carbocycles. The highest BCUT2D eigenvalue weighted by molar-refractivity contribution is 5.10. The van der Waals surface area contributed by atoms with Crippen LogP contribution in [0, 0.1) is 17.3 Å². The smallest absolute Gasteiger partial charge is 0.0260 e. The van der Waals surface area contributed by atoms with Crippen molar-refractivity contribution >= 4 is 0 Å². The fourth-order valence-corrected chi connectivity index (χ4v) is 3.15. The normalized spacial score (nSPS) is 45.3. The van der Waals surface area contributed by atoms with Gasteiger partial charge < -0.3 is 0 Å². The van der Waals surface area contributed by atoms with Crippen molar-refractivity contribution in [3.05, 3.63) is 11.6 Å². The Morgan fingerprint density at radius 1 is 1.46 bits per heavy atom. The Kier molecular flexibility index (Phi) is 2.25. The molecule has 0 bridgehead atoms. The van der Waals surface area contributed by atoms with Crippen molar-refractivity contribution < 1.29 is 0 Å². The van der Waals surface area contributed by atoms with E-state index in [2.05, 4.69) is 26.8 Å². The fraction of sp³-hybridized carbons (Fsp3) is 0.846. The van der Waals surface area contributed by atoms with Crippen LogP contribution < -0.4 is 0 Å². The van der Waals surface area contributed by atoms with Gasteiger partial charge in [0.05, 0.1) is 0 Å². The Hall–Kier alpha value is -0.260. The molecule has 0 radical (unpaired) electrons. The van der Waals surface area contributed by atoms with Gasteiger partial charge in [0.15, 0.2) is 0 Å². The van der Waals surface area contributed by atoms with Crippen molar-refractivity contribution in [3.8, 4) is 0 Å². The van der Waals surface area contributed by atoms with Gasteiger partial charge in [0.25, 0.3) is 0 Å². The van der Waals surface area contributed by atoms with Gasteiger partial charge >= 0.3 is 0 Å². The third-order valence-corrected chi connectivity index (χ3v) is 4.37. The topological polar surface area (TPSA) is 0 Å². The fourth-order valence-electron chi connectivity index (χ4n) is 3.15. The maximum Gasteiger partial charge on any atom is -0.0260 e. The molecule has 13 heavy (non-hydrogen) atoms. The molecule has 0 saturated heterocycles. The van der Waals surface area contributed by atoms with Crippen LogP contribution in [0.25, 0.3) is 0 Å². The second kappa shape index (κ2) is 3.15. The van der Waals surface area contributed by atoms with Crippen molar-refractivity contribution in [1.82, 2.24) is 0 Å². The van der Waals surface area contributed by atoms with E-state index in [9.17, 15) is 0 Å². The molecule has 0 heteroatoms. The quantitative estimate of drug-likeness (QED) is 0.488. The van der Waals surface area contributed by atoms with Gasteiger partial charge in [-0.15, -0.1) is 0 Å².